The van der Waals surface area contributed by atoms with Crippen LogP contribution in [0.1, 0.15) is 6.42 Å². The summed E-state index contributed by atoms with van der Waals surface area (Å²) >= 11 is 5.89. The third kappa shape index (κ3) is 4.67. The predicted molar refractivity (Wildman–Crippen MR) is 105 cm³/mol. The van der Waals surface area contributed by atoms with Crippen LogP contribution in [0, 0.1) is 5.92 Å². The number of benzene rings is 2. The number of halogens is 1. The van der Waals surface area contributed by atoms with Gasteiger partial charge in [-0.15, -0.1) is 0 Å². The summed E-state index contributed by atoms with van der Waals surface area (Å²) in [6, 6.07) is 11.7. The number of hydrogen-bond acceptors (Lipinski definition) is 5. The van der Waals surface area contributed by atoms with Crippen molar-refractivity contribution < 1.29 is 24.2 Å². The SMILES string of the molecule is COc1ccccc1OCCN1C[C@H](C(=O)Nc2cc(Cl)ccc2O)CC1=O. The number of carbonyl (C=O) groups excluding carboxylic acids is 2. The van der Waals surface area contributed by atoms with Gasteiger partial charge in [-0.05, 0) is 30.3 Å². The van der Waals surface area contributed by atoms with Crippen LogP contribution in [0.2, 0.25) is 5.02 Å². The van der Waals surface area contributed by atoms with Crippen LogP contribution in [0.25, 0.3) is 0 Å². The number of methoxy groups -OCH3 is 1. The Morgan fingerprint density at radius 2 is 2.04 bits per heavy atom. The zero-order chi connectivity index (χ0) is 20.1. The van der Waals surface area contributed by atoms with Gasteiger partial charge in [0.1, 0.15) is 12.4 Å². The van der Waals surface area contributed by atoms with E-state index in [9.17, 15) is 14.7 Å². The van der Waals surface area contributed by atoms with Gasteiger partial charge < -0.3 is 24.8 Å². The summed E-state index contributed by atoms with van der Waals surface area (Å²) in [7, 11) is 1.56. The van der Waals surface area contributed by atoms with Gasteiger partial charge in [0, 0.05) is 18.0 Å². The summed E-state index contributed by atoms with van der Waals surface area (Å²) in [5, 5.41) is 12.8. The van der Waals surface area contributed by atoms with Gasteiger partial charge in [0.25, 0.3) is 0 Å². The summed E-state index contributed by atoms with van der Waals surface area (Å²) in [6.45, 7) is 0.944. The fraction of sp³-hybridized carbons (Fsp3) is 0.300. The fourth-order valence-corrected chi connectivity index (χ4v) is 3.18. The minimum atomic E-state index is -0.503. The lowest BCUT2D eigenvalue weighted by molar-refractivity contribution is -0.128. The van der Waals surface area contributed by atoms with Gasteiger partial charge in [-0.2, -0.15) is 0 Å². The number of likely N-dealkylation sites (tertiary alicyclic amines) is 1. The maximum Gasteiger partial charge on any atom is 0.229 e. The Hall–Kier alpha value is -2.93. The predicted octanol–water partition coefficient (Wildman–Crippen LogP) is 2.92. The molecule has 0 bridgehead atoms. The number of hydrogen-bond donors (Lipinski definition) is 2. The highest BCUT2D eigenvalue weighted by Gasteiger charge is 2.34. The van der Waals surface area contributed by atoms with Crippen molar-refractivity contribution in [1.29, 1.82) is 0 Å². The summed E-state index contributed by atoms with van der Waals surface area (Å²) in [6.07, 6.45) is 0.113. The molecule has 0 radical (unpaired) electrons. The molecule has 2 N–H and O–H groups in total. The lowest BCUT2D eigenvalue weighted by Gasteiger charge is -2.18. The van der Waals surface area contributed by atoms with Crippen molar-refractivity contribution in [2.24, 2.45) is 5.92 Å². The standard InChI is InChI=1S/C20H21ClN2O5/c1-27-17-4-2-3-5-18(17)28-9-8-23-12-13(10-19(23)25)20(26)22-15-11-14(21)6-7-16(15)24/h2-7,11,13,24H,8-10,12H2,1H3,(H,22,26)/t13-/m1/s1. The number of nitrogens with one attached hydrogen (secondary N) is 1. The van der Waals surface area contributed by atoms with Gasteiger partial charge in [-0.25, -0.2) is 0 Å². The molecule has 1 aliphatic heterocycles. The number of aromatic hydroxyl groups is 1. The zero-order valence-electron chi connectivity index (χ0n) is 15.4. The van der Waals surface area contributed by atoms with Crippen LogP contribution < -0.4 is 14.8 Å². The normalized spacial score (nSPS) is 16.1. The third-order valence-electron chi connectivity index (χ3n) is 4.49. The molecule has 1 fully saturated rings. The Kier molecular flexibility index (Phi) is 6.26. The smallest absolute Gasteiger partial charge is 0.229 e. The number of para-hydroxylation sites is 2. The Morgan fingerprint density at radius 3 is 2.79 bits per heavy atom. The molecule has 1 aliphatic rings. The second-order valence-corrected chi connectivity index (χ2v) is 6.83. The molecule has 2 aromatic carbocycles. The summed E-state index contributed by atoms with van der Waals surface area (Å²) in [5.41, 5.74) is 0.225. The quantitative estimate of drug-likeness (QED) is 0.693. The first kappa shape index (κ1) is 19.8. The zero-order valence-corrected chi connectivity index (χ0v) is 16.1. The first-order valence-corrected chi connectivity index (χ1v) is 9.18. The molecular weight excluding hydrogens is 384 g/mol. The number of amides is 2. The number of anilines is 1. The largest absolute Gasteiger partial charge is 0.506 e. The molecule has 0 saturated carbocycles. The van der Waals surface area contributed by atoms with E-state index in [0.29, 0.717) is 29.6 Å². The summed E-state index contributed by atoms with van der Waals surface area (Å²) in [5.74, 6) is 0.190. The highest BCUT2D eigenvalue weighted by atomic mass is 35.5. The van der Waals surface area contributed by atoms with Crippen LogP contribution in [-0.2, 0) is 9.59 Å². The van der Waals surface area contributed by atoms with Gasteiger partial charge in [0.05, 0.1) is 25.3 Å². The first-order chi connectivity index (χ1) is 13.5. The second kappa shape index (κ2) is 8.84. The molecule has 0 unspecified atom stereocenters. The van der Waals surface area contributed by atoms with Crippen molar-refractivity contribution in [3.63, 3.8) is 0 Å². The van der Waals surface area contributed by atoms with E-state index in [-0.39, 0.29) is 36.3 Å². The average molecular weight is 405 g/mol. The third-order valence-corrected chi connectivity index (χ3v) is 4.72. The van der Waals surface area contributed by atoms with Crippen LogP contribution in [0.3, 0.4) is 0 Å². The van der Waals surface area contributed by atoms with E-state index in [1.807, 2.05) is 12.1 Å². The van der Waals surface area contributed by atoms with E-state index < -0.39 is 5.92 Å². The minimum absolute atomic E-state index is 0.0795. The van der Waals surface area contributed by atoms with E-state index in [1.54, 1.807) is 24.1 Å². The second-order valence-electron chi connectivity index (χ2n) is 6.39. The molecule has 1 atom stereocenters. The molecule has 2 amide bonds. The highest BCUT2D eigenvalue weighted by Crippen LogP contribution is 2.29. The Balaban J connectivity index is 1.53. The van der Waals surface area contributed by atoms with Gasteiger partial charge in [0.15, 0.2) is 11.5 Å². The molecule has 0 spiro atoms. The summed E-state index contributed by atoms with van der Waals surface area (Å²) in [4.78, 5) is 26.3. The van der Waals surface area contributed by atoms with E-state index in [1.165, 1.54) is 18.2 Å². The Bertz CT molecular complexity index is 873. The number of carbonyl (C=O) groups is 2. The minimum Gasteiger partial charge on any atom is -0.506 e. The molecule has 3 rings (SSSR count). The number of phenols is 1. The van der Waals surface area contributed by atoms with Crippen LogP contribution in [0.5, 0.6) is 17.2 Å². The maximum absolute atomic E-state index is 12.5. The van der Waals surface area contributed by atoms with Gasteiger partial charge in [-0.3, -0.25) is 9.59 Å². The van der Waals surface area contributed by atoms with Crippen LogP contribution >= 0.6 is 11.6 Å². The molecule has 0 aromatic heterocycles. The van der Waals surface area contributed by atoms with Crippen molar-refractivity contribution in [2.45, 2.75) is 6.42 Å². The fourth-order valence-electron chi connectivity index (χ4n) is 3.01. The van der Waals surface area contributed by atoms with Crippen molar-refractivity contribution in [1.82, 2.24) is 4.90 Å². The number of phenolic OH excluding ortho intramolecular Hbond substituents is 1. The van der Waals surface area contributed by atoms with Crippen molar-refractivity contribution in [3.05, 3.63) is 47.5 Å². The molecule has 2 aromatic rings. The molecule has 0 aliphatic carbocycles. The van der Waals surface area contributed by atoms with E-state index in [4.69, 9.17) is 21.1 Å². The van der Waals surface area contributed by atoms with Gasteiger partial charge in [-0.1, -0.05) is 23.7 Å². The molecule has 28 heavy (non-hydrogen) atoms. The van der Waals surface area contributed by atoms with Gasteiger partial charge in [0.2, 0.25) is 11.8 Å². The summed E-state index contributed by atoms with van der Waals surface area (Å²) < 4.78 is 10.9. The Labute approximate surface area is 167 Å². The molecule has 7 nitrogen and oxygen atoms in total. The van der Waals surface area contributed by atoms with E-state index >= 15 is 0 Å². The Morgan fingerprint density at radius 1 is 1.29 bits per heavy atom. The lowest BCUT2D eigenvalue weighted by atomic mass is 10.1. The van der Waals surface area contributed by atoms with E-state index in [0.717, 1.165) is 0 Å². The molecule has 8 heteroatoms. The molecular formula is C20H21ClN2O5. The highest BCUT2D eigenvalue weighted by molar-refractivity contribution is 6.31. The number of ether oxygens (including phenoxy) is 2. The topological polar surface area (TPSA) is 88.1 Å². The molecule has 1 saturated heterocycles. The van der Waals surface area contributed by atoms with Crippen molar-refractivity contribution in [3.8, 4) is 17.2 Å². The van der Waals surface area contributed by atoms with Crippen LogP contribution in [-0.4, -0.2) is 48.6 Å². The van der Waals surface area contributed by atoms with Gasteiger partial charge >= 0.3 is 0 Å². The van der Waals surface area contributed by atoms with Crippen LogP contribution in [0.4, 0.5) is 5.69 Å². The number of nitrogens with zero attached hydrogens (tertiary/aromatic N) is 1. The van der Waals surface area contributed by atoms with E-state index in [2.05, 4.69) is 5.32 Å². The molecule has 148 valence electrons. The van der Waals surface area contributed by atoms with Crippen molar-refractivity contribution >= 4 is 29.1 Å². The average Bonchev–Trinajstić information content (AvgIpc) is 3.06. The van der Waals surface area contributed by atoms with Crippen LogP contribution in [0.15, 0.2) is 42.5 Å². The maximum atomic E-state index is 12.5. The van der Waals surface area contributed by atoms with Crippen molar-refractivity contribution in [2.75, 3.05) is 32.1 Å². The monoisotopic (exact) mass is 404 g/mol. The molecule has 1 heterocycles. The number of rotatable bonds is 7. The lowest BCUT2D eigenvalue weighted by Crippen LogP contribution is -2.31. The first-order valence-electron chi connectivity index (χ1n) is 8.81.